The molecule has 0 bridgehead atoms. The van der Waals surface area contributed by atoms with E-state index in [1.165, 1.54) is 10.5 Å². The predicted octanol–water partition coefficient (Wildman–Crippen LogP) is 4.88. The molecule has 0 aliphatic heterocycles. The standard InChI is InChI=1S/C23H19ClN4O3/c1-15-8-9-28-21(10-15)25-19(13-22(28)29)14-31-20-7-3-6-18(12-20)27-23(30)26-17-5-2-4-16(24)11-17/h2-13H,14H2,1H3,(H2,26,27,30). The van der Waals surface area contributed by atoms with E-state index < -0.39 is 6.03 Å². The van der Waals surface area contributed by atoms with Gasteiger partial charge in [-0.25, -0.2) is 9.78 Å². The molecule has 0 unspecified atom stereocenters. The molecule has 4 rings (SSSR count). The summed E-state index contributed by atoms with van der Waals surface area (Å²) in [5.74, 6) is 0.534. The maximum absolute atomic E-state index is 12.3. The zero-order valence-corrected chi connectivity index (χ0v) is 17.4. The van der Waals surface area contributed by atoms with Crippen LogP contribution in [0.15, 0.2) is 77.7 Å². The van der Waals surface area contributed by atoms with Crippen molar-refractivity contribution in [1.82, 2.24) is 9.38 Å². The summed E-state index contributed by atoms with van der Waals surface area (Å²) in [4.78, 5) is 29.0. The van der Waals surface area contributed by atoms with Crippen molar-refractivity contribution in [3.05, 3.63) is 99.6 Å². The molecule has 0 saturated carbocycles. The van der Waals surface area contributed by atoms with E-state index in [4.69, 9.17) is 16.3 Å². The number of aromatic nitrogens is 2. The van der Waals surface area contributed by atoms with Gasteiger partial charge < -0.3 is 15.4 Å². The highest BCUT2D eigenvalue weighted by Gasteiger charge is 2.06. The molecule has 2 amide bonds. The number of carbonyl (C=O) groups excluding carboxylic acids is 1. The monoisotopic (exact) mass is 434 g/mol. The van der Waals surface area contributed by atoms with Gasteiger partial charge in [0.05, 0.1) is 5.69 Å². The van der Waals surface area contributed by atoms with Crippen LogP contribution < -0.4 is 20.9 Å². The third kappa shape index (κ3) is 5.21. The van der Waals surface area contributed by atoms with Gasteiger partial charge in [-0.3, -0.25) is 9.20 Å². The molecule has 156 valence electrons. The van der Waals surface area contributed by atoms with Crippen LogP contribution in [0.1, 0.15) is 11.3 Å². The van der Waals surface area contributed by atoms with Crippen LogP contribution in [0.2, 0.25) is 5.02 Å². The first kappa shape index (κ1) is 20.4. The SMILES string of the molecule is Cc1ccn2c(=O)cc(COc3cccc(NC(=O)Nc4cccc(Cl)c4)c3)nc2c1. The molecule has 2 aromatic heterocycles. The number of hydrogen-bond acceptors (Lipinski definition) is 4. The molecule has 0 saturated heterocycles. The Morgan fingerprint density at radius 3 is 2.55 bits per heavy atom. The molecule has 0 spiro atoms. The molecule has 0 aliphatic rings. The van der Waals surface area contributed by atoms with Crippen molar-refractivity contribution in [2.75, 3.05) is 10.6 Å². The molecular weight excluding hydrogens is 416 g/mol. The van der Waals surface area contributed by atoms with Gasteiger partial charge in [0.25, 0.3) is 5.56 Å². The number of ether oxygens (including phenoxy) is 1. The number of amides is 2. The van der Waals surface area contributed by atoms with Gasteiger partial charge in [0, 0.05) is 34.7 Å². The summed E-state index contributed by atoms with van der Waals surface area (Å²) in [5.41, 5.74) is 3.07. The van der Waals surface area contributed by atoms with Crippen molar-refractivity contribution >= 4 is 34.7 Å². The van der Waals surface area contributed by atoms with Crippen molar-refractivity contribution in [2.45, 2.75) is 13.5 Å². The first-order valence-corrected chi connectivity index (χ1v) is 9.89. The Bertz CT molecular complexity index is 1320. The summed E-state index contributed by atoms with van der Waals surface area (Å²) in [6.07, 6.45) is 1.70. The van der Waals surface area contributed by atoms with Crippen LogP contribution in [0.25, 0.3) is 5.65 Å². The lowest BCUT2D eigenvalue weighted by molar-refractivity contribution is 0.262. The number of hydrogen-bond donors (Lipinski definition) is 2. The highest BCUT2D eigenvalue weighted by Crippen LogP contribution is 2.19. The summed E-state index contributed by atoms with van der Waals surface area (Å²) in [6, 6.07) is 18.6. The highest BCUT2D eigenvalue weighted by molar-refractivity contribution is 6.30. The van der Waals surface area contributed by atoms with Gasteiger partial charge >= 0.3 is 6.03 Å². The van der Waals surface area contributed by atoms with Crippen LogP contribution in [0.3, 0.4) is 0 Å². The molecule has 0 fully saturated rings. The average molecular weight is 435 g/mol. The quantitative estimate of drug-likeness (QED) is 0.469. The second-order valence-electron chi connectivity index (χ2n) is 6.92. The Hall–Kier alpha value is -3.84. The molecule has 0 radical (unpaired) electrons. The minimum absolute atomic E-state index is 0.123. The zero-order valence-electron chi connectivity index (χ0n) is 16.6. The lowest BCUT2D eigenvalue weighted by Gasteiger charge is -2.11. The molecule has 4 aromatic rings. The van der Waals surface area contributed by atoms with Gasteiger partial charge in [-0.15, -0.1) is 0 Å². The molecule has 2 N–H and O–H groups in total. The number of pyridine rings is 1. The lowest BCUT2D eigenvalue weighted by atomic mass is 10.3. The molecule has 0 atom stereocenters. The Kier molecular flexibility index (Phi) is 5.86. The van der Waals surface area contributed by atoms with Crippen molar-refractivity contribution in [3.63, 3.8) is 0 Å². The van der Waals surface area contributed by atoms with E-state index in [9.17, 15) is 9.59 Å². The fraction of sp³-hybridized carbons (Fsp3) is 0.0870. The Morgan fingerprint density at radius 1 is 1.03 bits per heavy atom. The first-order chi connectivity index (χ1) is 15.0. The Balaban J connectivity index is 1.42. The third-order valence-electron chi connectivity index (χ3n) is 4.44. The maximum Gasteiger partial charge on any atom is 0.323 e. The number of fused-ring (bicyclic) bond motifs is 1. The summed E-state index contributed by atoms with van der Waals surface area (Å²) in [6.45, 7) is 2.06. The van der Waals surface area contributed by atoms with Gasteiger partial charge in [0.1, 0.15) is 18.0 Å². The Morgan fingerprint density at radius 2 is 1.77 bits per heavy atom. The van der Waals surface area contributed by atoms with E-state index in [1.54, 1.807) is 54.7 Å². The molecule has 31 heavy (non-hydrogen) atoms. The van der Waals surface area contributed by atoms with Crippen molar-refractivity contribution < 1.29 is 9.53 Å². The van der Waals surface area contributed by atoms with E-state index in [-0.39, 0.29) is 12.2 Å². The third-order valence-corrected chi connectivity index (χ3v) is 4.67. The van der Waals surface area contributed by atoms with Crippen LogP contribution >= 0.6 is 11.6 Å². The summed E-state index contributed by atoms with van der Waals surface area (Å²) in [7, 11) is 0. The van der Waals surface area contributed by atoms with Gasteiger partial charge in [-0.05, 0) is 55.0 Å². The highest BCUT2D eigenvalue weighted by atomic mass is 35.5. The van der Waals surface area contributed by atoms with Crippen LogP contribution in [0.4, 0.5) is 16.2 Å². The van der Waals surface area contributed by atoms with E-state index in [0.717, 1.165) is 5.56 Å². The zero-order chi connectivity index (χ0) is 21.8. The summed E-state index contributed by atoms with van der Waals surface area (Å²) >= 11 is 5.93. The topological polar surface area (TPSA) is 84.7 Å². The number of urea groups is 1. The predicted molar refractivity (Wildman–Crippen MR) is 121 cm³/mol. The molecule has 2 heterocycles. The van der Waals surface area contributed by atoms with Crippen molar-refractivity contribution in [3.8, 4) is 5.75 Å². The molecular formula is C23H19ClN4O3. The number of rotatable bonds is 5. The fourth-order valence-electron chi connectivity index (χ4n) is 3.01. The lowest BCUT2D eigenvalue weighted by Crippen LogP contribution is -2.19. The number of aryl methyl sites for hydroxylation is 1. The van der Waals surface area contributed by atoms with Gasteiger partial charge in [0.15, 0.2) is 0 Å². The average Bonchev–Trinajstić information content (AvgIpc) is 2.72. The largest absolute Gasteiger partial charge is 0.487 e. The first-order valence-electron chi connectivity index (χ1n) is 9.52. The van der Waals surface area contributed by atoms with Crippen LogP contribution in [-0.4, -0.2) is 15.4 Å². The maximum atomic E-state index is 12.3. The van der Waals surface area contributed by atoms with E-state index in [2.05, 4.69) is 15.6 Å². The Labute approximate surface area is 183 Å². The van der Waals surface area contributed by atoms with E-state index in [0.29, 0.717) is 33.5 Å². The number of halogens is 1. The molecule has 7 nitrogen and oxygen atoms in total. The van der Waals surface area contributed by atoms with Crippen LogP contribution in [0, 0.1) is 6.92 Å². The second-order valence-corrected chi connectivity index (χ2v) is 7.36. The van der Waals surface area contributed by atoms with E-state index >= 15 is 0 Å². The summed E-state index contributed by atoms with van der Waals surface area (Å²) < 4.78 is 7.27. The van der Waals surface area contributed by atoms with Crippen LogP contribution in [-0.2, 0) is 6.61 Å². The number of carbonyl (C=O) groups is 1. The number of benzene rings is 2. The summed E-state index contributed by atoms with van der Waals surface area (Å²) in [5, 5.41) is 5.99. The van der Waals surface area contributed by atoms with Gasteiger partial charge in [0.2, 0.25) is 0 Å². The van der Waals surface area contributed by atoms with E-state index in [1.807, 2.05) is 19.1 Å². The number of nitrogens with zero attached hydrogens (tertiary/aromatic N) is 2. The van der Waals surface area contributed by atoms with Crippen LogP contribution in [0.5, 0.6) is 5.75 Å². The number of nitrogens with one attached hydrogen (secondary N) is 2. The van der Waals surface area contributed by atoms with Crippen molar-refractivity contribution in [1.29, 1.82) is 0 Å². The molecule has 0 aliphatic carbocycles. The van der Waals surface area contributed by atoms with Gasteiger partial charge in [-0.2, -0.15) is 0 Å². The smallest absolute Gasteiger partial charge is 0.323 e. The normalized spacial score (nSPS) is 10.6. The van der Waals surface area contributed by atoms with Gasteiger partial charge in [-0.1, -0.05) is 23.7 Å². The number of anilines is 2. The fourth-order valence-corrected chi connectivity index (χ4v) is 3.20. The second kappa shape index (κ2) is 8.89. The minimum atomic E-state index is -0.404. The molecule has 8 heteroatoms. The minimum Gasteiger partial charge on any atom is -0.487 e. The molecule has 2 aromatic carbocycles. The van der Waals surface area contributed by atoms with Crippen molar-refractivity contribution in [2.24, 2.45) is 0 Å².